The molecule has 0 aromatic rings. The Bertz CT molecular complexity index is 209. The van der Waals surface area contributed by atoms with Crippen LogP contribution in [-0.2, 0) is 4.74 Å². The zero-order valence-electron chi connectivity index (χ0n) is 10.8. The first kappa shape index (κ1) is 12.4. The molecule has 2 saturated carbocycles. The summed E-state index contributed by atoms with van der Waals surface area (Å²) >= 11 is 0. The summed E-state index contributed by atoms with van der Waals surface area (Å²) in [6, 6.07) is 0.293. The van der Waals surface area contributed by atoms with Gasteiger partial charge in [0, 0.05) is 6.04 Å². The van der Waals surface area contributed by atoms with Crippen LogP contribution in [0, 0.1) is 11.8 Å². The van der Waals surface area contributed by atoms with Crippen LogP contribution in [-0.4, -0.2) is 18.2 Å². The fourth-order valence-electron chi connectivity index (χ4n) is 3.53. The lowest BCUT2D eigenvalue weighted by molar-refractivity contribution is -0.0694. The summed E-state index contributed by atoms with van der Waals surface area (Å²) in [5.41, 5.74) is 6.14. The Morgan fingerprint density at radius 3 is 2.19 bits per heavy atom. The van der Waals surface area contributed by atoms with Crippen LogP contribution in [0.2, 0.25) is 0 Å². The van der Waals surface area contributed by atoms with E-state index < -0.39 is 0 Å². The maximum atomic E-state index is 6.26. The van der Waals surface area contributed by atoms with Crippen LogP contribution in [0.15, 0.2) is 0 Å². The average Bonchev–Trinajstić information content (AvgIpc) is 2.20. The van der Waals surface area contributed by atoms with Crippen molar-refractivity contribution >= 4 is 0 Å². The van der Waals surface area contributed by atoms with Gasteiger partial charge >= 0.3 is 0 Å². The number of hydrogen-bond donors (Lipinski definition) is 1. The van der Waals surface area contributed by atoms with Gasteiger partial charge in [-0.25, -0.2) is 0 Å². The lowest BCUT2D eigenvalue weighted by atomic mass is 9.81. The number of ether oxygens (including phenoxy) is 1. The Morgan fingerprint density at radius 2 is 1.56 bits per heavy atom. The van der Waals surface area contributed by atoms with E-state index in [-0.39, 0.29) is 0 Å². The quantitative estimate of drug-likeness (QED) is 0.783. The fourth-order valence-corrected chi connectivity index (χ4v) is 3.53. The van der Waals surface area contributed by atoms with Crippen LogP contribution in [0.5, 0.6) is 0 Å². The van der Waals surface area contributed by atoms with Gasteiger partial charge in [0.15, 0.2) is 0 Å². The first-order valence-corrected chi connectivity index (χ1v) is 7.06. The summed E-state index contributed by atoms with van der Waals surface area (Å²) in [7, 11) is 0. The second-order valence-electron chi connectivity index (χ2n) is 6.16. The van der Waals surface area contributed by atoms with Gasteiger partial charge in [0.1, 0.15) is 0 Å². The van der Waals surface area contributed by atoms with Crippen molar-refractivity contribution in [1.29, 1.82) is 0 Å². The Morgan fingerprint density at radius 1 is 0.938 bits per heavy atom. The molecule has 94 valence electrons. The van der Waals surface area contributed by atoms with Gasteiger partial charge in [0.25, 0.3) is 0 Å². The molecule has 0 saturated heterocycles. The monoisotopic (exact) mass is 225 g/mol. The molecule has 0 aromatic carbocycles. The molecule has 0 amide bonds. The standard InChI is InChI=1S/C14H27NO/c1-10-7-11(2)9-12(8-10)16-14-6-4-3-5-13(14)15/h10-14H,3-9,15H2,1-2H3. The highest BCUT2D eigenvalue weighted by molar-refractivity contribution is 4.82. The Hall–Kier alpha value is -0.0800. The minimum Gasteiger partial charge on any atom is -0.373 e. The molecule has 4 atom stereocenters. The van der Waals surface area contributed by atoms with Crippen molar-refractivity contribution < 1.29 is 4.74 Å². The van der Waals surface area contributed by atoms with Gasteiger partial charge in [-0.2, -0.15) is 0 Å². The summed E-state index contributed by atoms with van der Waals surface area (Å²) in [6.07, 6.45) is 9.61. The summed E-state index contributed by atoms with van der Waals surface area (Å²) in [5, 5.41) is 0. The van der Waals surface area contributed by atoms with Gasteiger partial charge in [-0.15, -0.1) is 0 Å². The van der Waals surface area contributed by atoms with E-state index >= 15 is 0 Å². The third-order valence-electron chi connectivity index (χ3n) is 4.26. The van der Waals surface area contributed by atoms with Crippen LogP contribution in [0.3, 0.4) is 0 Å². The highest BCUT2D eigenvalue weighted by atomic mass is 16.5. The van der Waals surface area contributed by atoms with Crippen molar-refractivity contribution in [2.75, 3.05) is 0 Å². The normalized spacial score (nSPS) is 45.6. The molecule has 0 bridgehead atoms. The van der Waals surface area contributed by atoms with Crippen molar-refractivity contribution in [1.82, 2.24) is 0 Å². The van der Waals surface area contributed by atoms with E-state index in [0.717, 1.165) is 18.3 Å². The second kappa shape index (κ2) is 5.50. The van der Waals surface area contributed by atoms with E-state index in [1.54, 1.807) is 0 Å². The maximum Gasteiger partial charge on any atom is 0.0729 e. The van der Waals surface area contributed by atoms with Gasteiger partial charge in [0.05, 0.1) is 12.2 Å². The van der Waals surface area contributed by atoms with Crippen molar-refractivity contribution in [3.63, 3.8) is 0 Å². The summed E-state index contributed by atoms with van der Waals surface area (Å²) < 4.78 is 6.26. The fraction of sp³-hybridized carbons (Fsp3) is 1.00. The summed E-state index contributed by atoms with van der Waals surface area (Å²) in [6.45, 7) is 4.71. The van der Waals surface area contributed by atoms with Crippen molar-refractivity contribution in [3.05, 3.63) is 0 Å². The highest BCUT2D eigenvalue weighted by Gasteiger charge is 2.30. The van der Waals surface area contributed by atoms with E-state index in [4.69, 9.17) is 10.5 Å². The Balaban J connectivity index is 1.83. The lowest BCUT2D eigenvalue weighted by Gasteiger charge is -2.37. The van der Waals surface area contributed by atoms with Crippen LogP contribution in [0.4, 0.5) is 0 Å². The lowest BCUT2D eigenvalue weighted by Crippen LogP contribution is -2.42. The van der Waals surface area contributed by atoms with E-state index in [1.165, 1.54) is 38.5 Å². The SMILES string of the molecule is CC1CC(C)CC(OC2CCCCC2N)C1. The first-order chi connectivity index (χ1) is 7.65. The molecular weight excluding hydrogens is 198 g/mol. The van der Waals surface area contributed by atoms with Crippen molar-refractivity contribution in [3.8, 4) is 0 Å². The Labute approximate surface area is 99.9 Å². The van der Waals surface area contributed by atoms with Gasteiger partial charge in [-0.3, -0.25) is 0 Å². The molecule has 2 aliphatic rings. The molecule has 2 aliphatic carbocycles. The average molecular weight is 225 g/mol. The molecule has 0 spiro atoms. The third kappa shape index (κ3) is 3.21. The van der Waals surface area contributed by atoms with Gasteiger partial charge in [0.2, 0.25) is 0 Å². The highest BCUT2D eigenvalue weighted by Crippen LogP contribution is 2.32. The van der Waals surface area contributed by atoms with Crippen LogP contribution >= 0.6 is 0 Å². The maximum absolute atomic E-state index is 6.26. The minimum absolute atomic E-state index is 0.293. The minimum atomic E-state index is 0.293. The first-order valence-electron chi connectivity index (χ1n) is 7.06. The van der Waals surface area contributed by atoms with Crippen LogP contribution in [0.1, 0.15) is 58.8 Å². The molecule has 0 aliphatic heterocycles. The Kier molecular flexibility index (Phi) is 4.26. The van der Waals surface area contributed by atoms with Gasteiger partial charge in [-0.1, -0.05) is 26.7 Å². The molecule has 0 aromatic heterocycles. The third-order valence-corrected chi connectivity index (χ3v) is 4.26. The van der Waals surface area contributed by atoms with Gasteiger partial charge in [-0.05, 0) is 43.9 Å². The van der Waals surface area contributed by atoms with Gasteiger partial charge < -0.3 is 10.5 Å². The second-order valence-corrected chi connectivity index (χ2v) is 6.16. The predicted molar refractivity (Wildman–Crippen MR) is 67.3 cm³/mol. The number of rotatable bonds is 2. The molecular formula is C14H27NO. The van der Waals surface area contributed by atoms with E-state index in [1.807, 2.05) is 0 Å². The largest absolute Gasteiger partial charge is 0.373 e. The molecule has 16 heavy (non-hydrogen) atoms. The van der Waals surface area contributed by atoms with E-state index in [0.29, 0.717) is 18.2 Å². The molecule has 2 fully saturated rings. The van der Waals surface area contributed by atoms with E-state index in [9.17, 15) is 0 Å². The molecule has 2 rings (SSSR count). The van der Waals surface area contributed by atoms with Crippen LogP contribution < -0.4 is 5.73 Å². The van der Waals surface area contributed by atoms with Crippen LogP contribution in [0.25, 0.3) is 0 Å². The topological polar surface area (TPSA) is 35.2 Å². The summed E-state index contributed by atoms with van der Waals surface area (Å²) in [4.78, 5) is 0. The number of nitrogens with two attached hydrogens (primary N) is 1. The molecule has 0 heterocycles. The van der Waals surface area contributed by atoms with Crippen molar-refractivity contribution in [2.45, 2.75) is 77.0 Å². The number of hydrogen-bond acceptors (Lipinski definition) is 2. The predicted octanol–water partition coefficient (Wildman–Crippen LogP) is 3.10. The molecule has 4 unspecified atom stereocenters. The molecule has 2 N–H and O–H groups in total. The molecule has 0 radical (unpaired) electrons. The molecule has 2 heteroatoms. The van der Waals surface area contributed by atoms with Crippen molar-refractivity contribution in [2.24, 2.45) is 17.6 Å². The zero-order valence-corrected chi connectivity index (χ0v) is 10.8. The molecule has 2 nitrogen and oxygen atoms in total. The summed E-state index contributed by atoms with van der Waals surface area (Å²) in [5.74, 6) is 1.65. The van der Waals surface area contributed by atoms with E-state index in [2.05, 4.69) is 13.8 Å². The smallest absolute Gasteiger partial charge is 0.0729 e. The zero-order chi connectivity index (χ0) is 11.5.